The summed E-state index contributed by atoms with van der Waals surface area (Å²) in [6.07, 6.45) is -3.11. The maximum Gasteiger partial charge on any atom is 0.109 e. The first-order valence-electron chi connectivity index (χ1n) is 3.63. The number of hydrogen-bond donors (Lipinski definition) is 5. The van der Waals surface area contributed by atoms with Crippen molar-refractivity contribution in [1.29, 1.82) is 0 Å². The van der Waals surface area contributed by atoms with E-state index in [9.17, 15) is 10.2 Å². The molecule has 0 amide bonds. The number of aliphatic hydroxyl groups excluding tert-OH is 3. The summed E-state index contributed by atoms with van der Waals surface area (Å²) in [5, 5.41) is 30.3. The molecule has 4 atom stereocenters. The first-order valence-corrected chi connectivity index (χ1v) is 3.63. The minimum Gasteiger partial charge on any atom is -0.389 e. The van der Waals surface area contributed by atoms with Crippen molar-refractivity contribution in [3.8, 4) is 0 Å². The number of halogens is 2. The lowest BCUT2D eigenvalue weighted by Gasteiger charge is -2.21. The Morgan fingerprint density at radius 2 is 1.54 bits per heavy atom. The summed E-state index contributed by atoms with van der Waals surface area (Å²) in [6, 6.07) is -0.512. The van der Waals surface area contributed by atoms with E-state index in [1.54, 1.807) is 0 Å². The Kier molecular flexibility index (Phi) is 8.26. The van der Waals surface area contributed by atoms with Crippen molar-refractivity contribution in [3.63, 3.8) is 0 Å². The predicted octanol–water partition coefficient (Wildman–Crippen LogP) is -2.16. The Bertz CT molecular complexity index is 127. The van der Waals surface area contributed by atoms with Crippen LogP contribution in [0.3, 0.4) is 0 Å². The predicted molar refractivity (Wildman–Crippen MR) is 53.4 cm³/mol. The molecule has 0 aromatic rings. The highest BCUT2D eigenvalue weighted by atomic mass is 35.5. The molecule has 1 fully saturated rings. The van der Waals surface area contributed by atoms with E-state index in [4.69, 9.17) is 10.8 Å². The lowest BCUT2D eigenvalue weighted by Crippen LogP contribution is -2.47. The Balaban J connectivity index is 0. The van der Waals surface area contributed by atoms with Crippen molar-refractivity contribution in [2.45, 2.75) is 24.4 Å². The van der Waals surface area contributed by atoms with Gasteiger partial charge < -0.3 is 26.4 Å². The molecule has 6 N–H and O–H groups in total. The zero-order valence-corrected chi connectivity index (χ0v) is 8.59. The van der Waals surface area contributed by atoms with Crippen LogP contribution in [0.25, 0.3) is 0 Å². The van der Waals surface area contributed by atoms with E-state index in [2.05, 4.69) is 5.32 Å². The summed E-state index contributed by atoms with van der Waals surface area (Å²) in [7, 11) is 0. The number of hydrogen-bond acceptors (Lipinski definition) is 5. The third-order valence-corrected chi connectivity index (χ3v) is 1.92. The second kappa shape index (κ2) is 6.78. The second-order valence-corrected chi connectivity index (χ2v) is 2.87. The summed E-state index contributed by atoms with van der Waals surface area (Å²) in [4.78, 5) is 0. The van der Waals surface area contributed by atoms with Crippen LogP contribution in [0.2, 0.25) is 0 Å². The van der Waals surface area contributed by atoms with Crippen LogP contribution in [0.5, 0.6) is 0 Å². The smallest absolute Gasteiger partial charge is 0.109 e. The minimum atomic E-state index is -1.14. The summed E-state index contributed by atoms with van der Waals surface area (Å²) in [5.74, 6) is 0. The molecule has 13 heavy (non-hydrogen) atoms. The van der Waals surface area contributed by atoms with E-state index < -0.39 is 24.4 Å². The van der Waals surface area contributed by atoms with Crippen LogP contribution in [-0.2, 0) is 0 Å². The number of rotatable bonds is 0. The number of β-amino-alcohol motifs (C(OH)–C–C–N with tert-alkyl or cyclic N) is 1. The van der Waals surface area contributed by atoms with Gasteiger partial charge in [-0.15, -0.1) is 24.8 Å². The SMILES string of the molecule is Cl.Cl.N[C@H]1CNC[C@@H](O)[C@@H](O)[C@@H]1O. The summed E-state index contributed by atoms with van der Waals surface area (Å²) < 4.78 is 0. The molecule has 5 nitrogen and oxygen atoms in total. The lowest BCUT2D eigenvalue weighted by molar-refractivity contribution is -0.0556. The van der Waals surface area contributed by atoms with Gasteiger partial charge in [-0.25, -0.2) is 0 Å². The molecule has 0 bridgehead atoms. The van der Waals surface area contributed by atoms with Crippen molar-refractivity contribution in [2.24, 2.45) is 5.73 Å². The first-order chi connectivity index (χ1) is 5.13. The molecular weight excluding hydrogens is 219 g/mol. The average molecular weight is 235 g/mol. The van der Waals surface area contributed by atoms with Crippen molar-refractivity contribution in [3.05, 3.63) is 0 Å². The zero-order chi connectivity index (χ0) is 8.43. The Hall–Kier alpha value is 0.380. The second-order valence-electron chi connectivity index (χ2n) is 2.87. The largest absolute Gasteiger partial charge is 0.389 e. The molecule has 0 radical (unpaired) electrons. The fraction of sp³-hybridized carbons (Fsp3) is 1.00. The van der Waals surface area contributed by atoms with Gasteiger partial charge in [0.1, 0.15) is 6.10 Å². The molecule has 0 spiro atoms. The van der Waals surface area contributed by atoms with E-state index in [0.29, 0.717) is 6.54 Å². The molecule has 0 aromatic heterocycles. The molecule has 82 valence electrons. The van der Waals surface area contributed by atoms with Crippen molar-refractivity contribution in [1.82, 2.24) is 5.32 Å². The molecule has 7 heteroatoms. The summed E-state index contributed by atoms with van der Waals surface area (Å²) in [6.45, 7) is 0.682. The minimum absolute atomic E-state index is 0. The standard InChI is InChI=1S/C6H14N2O3.2ClH/c7-3-1-8-2-4(9)6(11)5(3)10;;/h3-6,8-11H,1-2,7H2;2*1H/t3-,4+,5+,6+;;/m0../s1. The van der Waals surface area contributed by atoms with Crippen LogP contribution < -0.4 is 11.1 Å². The van der Waals surface area contributed by atoms with Crippen LogP contribution in [0.1, 0.15) is 0 Å². The van der Waals surface area contributed by atoms with Gasteiger partial charge in [-0.05, 0) is 0 Å². The highest BCUT2D eigenvalue weighted by Crippen LogP contribution is 2.05. The molecule has 0 unspecified atom stereocenters. The Morgan fingerprint density at radius 1 is 1.00 bits per heavy atom. The van der Waals surface area contributed by atoms with Crippen molar-refractivity contribution in [2.75, 3.05) is 13.1 Å². The fourth-order valence-electron chi connectivity index (χ4n) is 1.12. The highest BCUT2D eigenvalue weighted by molar-refractivity contribution is 5.85. The Labute approximate surface area is 89.1 Å². The number of nitrogens with two attached hydrogens (primary N) is 1. The van der Waals surface area contributed by atoms with E-state index in [0.717, 1.165) is 0 Å². The third kappa shape index (κ3) is 3.95. The van der Waals surface area contributed by atoms with Gasteiger partial charge in [-0.1, -0.05) is 0 Å². The van der Waals surface area contributed by atoms with Crippen LogP contribution in [0.4, 0.5) is 0 Å². The molecular formula is C6H16Cl2N2O3. The molecule has 1 rings (SSSR count). The molecule has 1 saturated heterocycles. The maximum atomic E-state index is 9.22. The van der Waals surface area contributed by atoms with Crippen molar-refractivity contribution < 1.29 is 15.3 Å². The van der Waals surface area contributed by atoms with Gasteiger partial charge in [0, 0.05) is 19.1 Å². The fourth-order valence-corrected chi connectivity index (χ4v) is 1.12. The van der Waals surface area contributed by atoms with Gasteiger partial charge in [0.05, 0.1) is 12.2 Å². The van der Waals surface area contributed by atoms with Gasteiger partial charge >= 0.3 is 0 Å². The van der Waals surface area contributed by atoms with Gasteiger partial charge in [0.15, 0.2) is 0 Å². The van der Waals surface area contributed by atoms with Gasteiger partial charge in [0.2, 0.25) is 0 Å². The van der Waals surface area contributed by atoms with Crippen LogP contribution in [0, 0.1) is 0 Å². The molecule has 0 aliphatic carbocycles. The third-order valence-electron chi connectivity index (χ3n) is 1.92. The number of nitrogens with one attached hydrogen (secondary N) is 1. The Morgan fingerprint density at radius 3 is 2.08 bits per heavy atom. The molecule has 0 saturated carbocycles. The molecule has 0 aromatic carbocycles. The molecule has 1 heterocycles. The van der Waals surface area contributed by atoms with Crippen LogP contribution in [-0.4, -0.2) is 52.8 Å². The lowest BCUT2D eigenvalue weighted by atomic mass is 10.0. The van der Waals surface area contributed by atoms with Gasteiger partial charge in [-0.3, -0.25) is 0 Å². The topological polar surface area (TPSA) is 98.7 Å². The summed E-state index contributed by atoms with van der Waals surface area (Å²) >= 11 is 0. The monoisotopic (exact) mass is 234 g/mol. The van der Waals surface area contributed by atoms with Crippen LogP contribution in [0.15, 0.2) is 0 Å². The van der Waals surface area contributed by atoms with E-state index in [-0.39, 0.29) is 31.4 Å². The molecule has 1 aliphatic rings. The first kappa shape index (κ1) is 15.8. The quantitative estimate of drug-likeness (QED) is 0.329. The normalized spacial score (nSPS) is 39.7. The highest BCUT2D eigenvalue weighted by Gasteiger charge is 2.31. The van der Waals surface area contributed by atoms with E-state index in [1.165, 1.54) is 0 Å². The van der Waals surface area contributed by atoms with Crippen LogP contribution >= 0.6 is 24.8 Å². The molecule has 1 aliphatic heterocycles. The van der Waals surface area contributed by atoms with Crippen molar-refractivity contribution >= 4 is 24.8 Å². The number of aliphatic hydroxyl groups is 3. The van der Waals surface area contributed by atoms with E-state index >= 15 is 0 Å². The maximum absolute atomic E-state index is 9.22. The van der Waals surface area contributed by atoms with Gasteiger partial charge in [-0.2, -0.15) is 0 Å². The van der Waals surface area contributed by atoms with Gasteiger partial charge in [0.25, 0.3) is 0 Å². The average Bonchev–Trinajstić information content (AvgIpc) is 2.07. The zero-order valence-electron chi connectivity index (χ0n) is 6.96. The van der Waals surface area contributed by atoms with E-state index in [1.807, 2.05) is 0 Å². The summed E-state index contributed by atoms with van der Waals surface area (Å²) in [5.41, 5.74) is 5.45.